The molecular formula is C19H26N4OS. The van der Waals surface area contributed by atoms with E-state index in [2.05, 4.69) is 45.0 Å². The Kier molecular flexibility index (Phi) is 4.90. The van der Waals surface area contributed by atoms with Crippen molar-refractivity contribution in [1.29, 1.82) is 0 Å². The summed E-state index contributed by atoms with van der Waals surface area (Å²) in [6.45, 7) is 6.68. The molecule has 1 atom stereocenters. The molecule has 1 N–H and O–H groups in total. The van der Waals surface area contributed by atoms with Crippen molar-refractivity contribution in [2.75, 3.05) is 13.1 Å². The molecular weight excluding hydrogens is 332 g/mol. The zero-order valence-corrected chi connectivity index (χ0v) is 15.6. The molecule has 2 aromatic rings. The number of amides is 1. The van der Waals surface area contributed by atoms with Gasteiger partial charge >= 0.3 is 0 Å². The quantitative estimate of drug-likeness (QED) is 0.864. The fourth-order valence-electron chi connectivity index (χ4n) is 3.61. The molecule has 6 heteroatoms. The summed E-state index contributed by atoms with van der Waals surface area (Å²) < 4.78 is 2.32. The molecule has 3 heterocycles. The van der Waals surface area contributed by atoms with Gasteiger partial charge in [0.05, 0.1) is 11.2 Å². The maximum atomic E-state index is 12.3. The van der Waals surface area contributed by atoms with Crippen molar-refractivity contribution in [2.45, 2.75) is 45.8 Å². The van der Waals surface area contributed by atoms with Crippen LogP contribution in [0.4, 0.5) is 0 Å². The summed E-state index contributed by atoms with van der Waals surface area (Å²) >= 11 is 1.73. The predicted molar refractivity (Wildman–Crippen MR) is 99.2 cm³/mol. The topological polar surface area (TPSA) is 50.2 Å². The zero-order valence-electron chi connectivity index (χ0n) is 14.8. The van der Waals surface area contributed by atoms with Crippen LogP contribution in [0.5, 0.6) is 0 Å². The molecule has 1 saturated carbocycles. The van der Waals surface area contributed by atoms with Crippen molar-refractivity contribution in [1.82, 2.24) is 19.8 Å². The van der Waals surface area contributed by atoms with E-state index in [1.54, 1.807) is 11.3 Å². The van der Waals surface area contributed by atoms with Crippen molar-refractivity contribution >= 4 is 17.2 Å². The minimum Gasteiger partial charge on any atom is -0.356 e. The molecule has 25 heavy (non-hydrogen) atoms. The van der Waals surface area contributed by atoms with E-state index in [-0.39, 0.29) is 5.91 Å². The summed E-state index contributed by atoms with van der Waals surface area (Å²) in [6.07, 6.45) is 5.31. The van der Waals surface area contributed by atoms with Crippen LogP contribution in [0.3, 0.4) is 0 Å². The van der Waals surface area contributed by atoms with Gasteiger partial charge in [-0.1, -0.05) is 0 Å². The molecule has 2 aromatic heterocycles. The number of fused-ring (bicyclic) bond motifs is 1. The van der Waals surface area contributed by atoms with Gasteiger partial charge in [-0.2, -0.15) is 0 Å². The Morgan fingerprint density at radius 2 is 2.24 bits per heavy atom. The first kappa shape index (κ1) is 16.8. The zero-order chi connectivity index (χ0) is 17.2. The maximum absolute atomic E-state index is 12.3. The third kappa shape index (κ3) is 4.30. The number of carbonyl (C=O) groups excluding carboxylic acids is 1. The Balaban J connectivity index is 1.43. The average molecular weight is 359 g/mol. The van der Waals surface area contributed by atoms with Gasteiger partial charge in [0.15, 0.2) is 0 Å². The van der Waals surface area contributed by atoms with Crippen molar-refractivity contribution < 1.29 is 4.79 Å². The van der Waals surface area contributed by atoms with Gasteiger partial charge in [0.1, 0.15) is 0 Å². The third-order valence-electron chi connectivity index (χ3n) is 5.25. The first-order valence-corrected chi connectivity index (χ1v) is 10.1. The Labute approximate surface area is 153 Å². The third-order valence-corrected chi connectivity index (χ3v) is 6.17. The highest BCUT2D eigenvalue weighted by molar-refractivity contribution is 7.09. The number of hydrogen-bond acceptors (Lipinski definition) is 4. The predicted octanol–water partition coefficient (Wildman–Crippen LogP) is 2.80. The minimum absolute atomic E-state index is 0.210. The van der Waals surface area contributed by atoms with Crippen molar-refractivity contribution in [2.24, 2.45) is 11.8 Å². The van der Waals surface area contributed by atoms with Gasteiger partial charge in [-0.3, -0.25) is 9.69 Å². The highest BCUT2D eigenvalue weighted by atomic mass is 32.1. The van der Waals surface area contributed by atoms with Crippen LogP contribution in [-0.2, 0) is 24.4 Å². The minimum atomic E-state index is 0.210. The summed E-state index contributed by atoms with van der Waals surface area (Å²) in [5, 5.41) is 3.12. The Hall–Kier alpha value is -1.66. The molecule has 5 nitrogen and oxygen atoms in total. The van der Waals surface area contributed by atoms with E-state index in [1.807, 2.05) is 5.51 Å². The van der Waals surface area contributed by atoms with Gasteiger partial charge in [0.2, 0.25) is 5.91 Å². The monoisotopic (exact) mass is 358 g/mol. The molecule has 1 aliphatic heterocycles. The summed E-state index contributed by atoms with van der Waals surface area (Å²) in [7, 11) is 0. The van der Waals surface area contributed by atoms with Crippen LogP contribution in [0.25, 0.3) is 0 Å². The molecule has 1 aliphatic carbocycles. The first-order chi connectivity index (χ1) is 12.2. The van der Waals surface area contributed by atoms with E-state index in [4.69, 9.17) is 0 Å². The summed E-state index contributed by atoms with van der Waals surface area (Å²) in [6, 6.07) is 4.31. The summed E-state index contributed by atoms with van der Waals surface area (Å²) in [4.78, 5) is 20.5. The van der Waals surface area contributed by atoms with E-state index in [0.29, 0.717) is 12.3 Å². The lowest BCUT2D eigenvalue weighted by molar-refractivity contribution is -0.122. The van der Waals surface area contributed by atoms with Gasteiger partial charge in [0.25, 0.3) is 0 Å². The van der Waals surface area contributed by atoms with Gasteiger partial charge < -0.3 is 9.88 Å². The second kappa shape index (κ2) is 7.30. The lowest BCUT2D eigenvalue weighted by Crippen LogP contribution is -2.33. The molecule has 0 spiro atoms. The summed E-state index contributed by atoms with van der Waals surface area (Å²) in [5.41, 5.74) is 4.39. The Morgan fingerprint density at radius 1 is 1.36 bits per heavy atom. The van der Waals surface area contributed by atoms with Crippen LogP contribution in [-0.4, -0.2) is 33.4 Å². The SMILES string of the molecule is Cc1ncsc1CN1Cc2cccn2CC(CC(=O)NCC2CC2)C1. The molecule has 4 rings (SSSR count). The highest BCUT2D eigenvalue weighted by Crippen LogP contribution is 2.28. The standard InChI is InChI=1S/C19H26N4OS/c1-14-18(25-13-21-14)12-22-9-16(7-19(24)20-8-15-4-5-15)10-23-6-2-3-17(23)11-22/h2-3,6,13,15-16H,4-5,7-12H2,1H3,(H,20,24). The molecule has 1 unspecified atom stereocenters. The fraction of sp³-hybridized carbons (Fsp3) is 0.579. The van der Waals surface area contributed by atoms with E-state index in [0.717, 1.165) is 44.3 Å². The van der Waals surface area contributed by atoms with Crippen LogP contribution in [0.2, 0.25) is 0 Å². The number of aromatic nitrogens is 2. The van der Waals surface area contributed by atoms with Gasteiger partial charge in [0, 0.05) is 55.9 Å². The molecule has 0 radical (unpaired) electrons. The number of nitrogens with one attached hydrogen (secondary N) is 1. The molecule has 134 valence electrons. The van der Waals surface area contributed by atoms with Gasteiger partial charge in [-0.25, -0.2) is 4.98 Å². The lowest BCUT2D eigenvalue weighted by atomic mass is 10.0. The summed E-state index contributed by atoms with van der Waals surface area (Å²) in [5.74, 6) is 1.29. The average Bonchev–Trinajstić information content (AvgIpc) is 3.23. The fourth-order valence-corrected chi connectivity index (χ4v) is 4.43. The Bertz CT molecular complexity index is 733. The Morgan fingerprint density at radius 3 is 3.00 bits per heavy atom. The maximum Gasteiger partial charge on any atom is 0.220 e. The van der Waals surface area contributed by atoms with Crippen molar-refractivity contribution in [3.8, 4) is 0 Å². The smallest absolute Gasteiger partial charge is 0.220 e. The number of hydrogen-bond donors (Lipinski definition) is 1. The van der Waals surface area contributed by atoms with E-state index in [9.17, 15) is 4.79 Å². The van der Waals surface area contributed by atoms with Gasteiger partial charge in [-0.05, 0) is 43.7 Å². The molecule has 1 amide bonds. The van der Waals surface area contributed by atoms with E-state index >= 15 is 0 Å². The number of aryl methyl sites for hydroxylation is 1. The van der Waals surface area contributed by atoms with Crippen LogP contribution in [0.15, 0.2) is 23.8 Å². The van der Waals surface area contributed by atoms with Crippen LogP contribution in [0.1, 0.15) is 35.5 Å². The molecule has 2 aliphatic rings. The lowest BCUT2D eigenvalue weighted by Gasteiger charge is -2.23. The second-order valence-corrected chi connectivity index (χ2v) is 8.44. The molecule has 0 aromatic carbocycles. The second-order valence-electron chi connectivity index (χ2n) is 7.50. The van der Waals surface area contributed by atoms with Crippen molar-refractivity contribution in [3.63, 3.8) is 0 Å². The van der Waals surface area contributed by atoms with Gasteiger partial charge in [-0.15, -0.1) is 11.3 Å². The molecule has 0 saturated heterocycles. The largest absolute Gasteiger partial charge is 0.356 e. The number of nitrogens with zero attached hydrogens (tertiary/aromatic N) is 3. The molecule has 0 bridgehead atoms. The van der Waals surface area contributed by atoms with Crippen molar-refractivity contribution in [3.05, 3.63) is 40.1 Å². The highest BCUT2D eigenvalue weighted by Gasteiger charge is 2.26. The van der Waals surface area contributed by atoms with Crippen LogP contribution in [0, 0.1) is 18.8 Å². The number of thiazole rings is 1. The number of rotatable bonds is 6. The van der Waals surface area contributed by atoms with E-state index in [1.165, 1.54) is 23.4 Å². The molecule has 1 fully saturated rings. The van der Waals surface area contributed by atoms with Crippen LogP contribution < -0.4 is 5.32 Å². The van der Waals surface area contributed by atoms with Crippen LogP contribution >= 0.6 is 11.3 Å². The normalized spacial score (nSPS) is 20.9. The number of carbonyl (C=O) groups is 1. The van der Waals surface area contributed by atoms with E-state index < -0.39 is 0 Å². The first-order valence-electron chi connectivity index (χ1n) is 9.19.